The fraction of sp³-hybridized carbons (Fsp3) is 0.238. The Morgan fingerprint density at radius 3 is 2.61 bits per heavy atom. The number of anilines is 1. The Morgan fingerprint density at radius 1 is 1.21 bits per heavy atom. The number of aromatic nitrogens is 3. The van der Waals surface area contributed by atoms with E-state index in [0.29, 0.717) is 23.1 Å². The summed E-state index contributed by atoms with van der Waals surface area (Å²) in [6.07, 6.45) is 0. The molecule has 0 spiro atoms. The van der Waals surface area contributed by atoms with Crippen molar-refractivity contribution in [2.24, 2.45) is 0 Å². The van der Waals surface area contributed by atoms with E-state index in [1.165, 1.54) is 18.2 Å². The lowest BCUT2D eigenvalue weighted by atomic mass is 10.2. The highest BCUT2D eigenvalue weighted by atomic mass is 35.5. The average molecular weight is 489 g/mol. The predicted molar refractivity (Wildman–Crippen MR) is 125 cm³/mol. The van der Waals surface area contributed by atoms with E-state index in [4.69, 9.17) is 11.6 Å². The van der Waals surface area contributed by atoms with Crippen molar-refractivity contribution in [3.63, 3.8) is 0 Å². The van der Waals surface area contributed by atoms with Crippen LogP contribution in [0.15, 0.2) is 53.7 Å². The van der Waals surface area contributed by atoms with E-state index >= 15 is 0 Å². The number of nitro benzene ring substituents is 1. The molecule has 2 aromatic carbocycles. The molecule has 33 heavy (non-hydrogen) atoms. The molecular weight excluding hydrogens is 468 g/mol. The summed E-state index contributed by atoms with van der Waals surface area (Å²) in [4.78, 5) is 35.2. The highest BCUT2D eigenvalue weighted by molar-refractivity contribution is 7.99. The van der Waals surface area contributed by atoms with E-state index < -0.39 is 16.9 Å². The third-order valence-electron chi connectivity index (χ3n) is 4.60. The van der Waals surface area contributed by atoms with Gasteiger partial charge in [-0.05, 0) is 32.0 Å². The maximum atomic E-state index is 12.4. The first-order valence-electron chi connectivity index (χ1n) is 9.95. The van der Waals surface area contributed by atoms with Crippen LogP contribution in [0.25, 0.3) is 0 Å². The van der Waals surface area contributed by atoms with Crippen LogP contribution in [0.3, 0.4) is 0 Å². The molecule has 1 aromatic heterocycles. The first kappa shape index (κ1) is 24.2. The fourth-order valence-corrected chi connectivity index (χ4v) is 3.97. The Kier molecular flexibility index (Phi) is 8.01. The number of benzene rings is 2. The number of amides is 2. The number of carbonyl (C=O) groups excluding carboxylic acids is 2. The third kappa shape index (κ3) is 6.08. The number of nitrogens with zero attached hydrogens (tertiary/aromatic N) is 4. The standard InChI is InChI=1S/C21H21ClN6O4S/c1-3-27-19(13(2)23-20(30)14-7-5-4-6-8-14)25-26-21(27)33-12-18(29)24-17-11-15(28(31)32)9-10-16(17)22/h4-11,13H,3,12H2,1-2H3,(H,23,30)(H,24,29)/t13-/m1/s1. The molecular formula is C21H21ClN6O4S. The maximum absolute atomic E-state index is 12.4. The predicted octanol–water partition coefficient (Wildman–Crippen LogP) is 4.08. The second kappa shape index (κ2) is 10.9. The van der Waals surface area contributed by atoms with Gasteiger partial charge in [0.1, 0.15) is 0 Å². The molecule has 0 bridgehead atoms. The number of nitrogens with one attached hydrogen (secondary N) is 2. The van der Waals surface area contributed by atoms with Crippen LogP contribution in [-0.4, -0.2) is 37.3 Å². The smallest absolute Gasteiger partial charge is 0.271 e. The van der Waals surface area contributed by atoms with Crippen molar-refractivity contribution in [2.75, 3.05) is 11.1 Å². The lowest BCUT2D eigenvalue weighted by Crippen LogP contribution is -2.28. The fourth-order valence-electron chi connectivity index (χ4n) is 3.00. The van der Waals surface area contributed by atoms with Crippen molar-refractivity contribution in [1.82, 2.24) is 20.1 Å². The molecule has 3 aromatic rings. The summed E-state index contributed by atoms with van der Waals surface area (Å²) < 4.78 is 1.81. The number of carbonyl (C=O) groups is 2. The molecule has 0 saturated heterocycles. The van der Waals surface area contributed by atoms with Gasteiger partial charge in [0.05, 0.1) is 27.4 Å². The van der Waals surface area contributed by atoms with Crippen LogP contribution < -0.4 is 10.6 Å². The van der Waals surface area contributed by atoms with E-state index in [2.05, 4.69) is 20.8 Å². The minimum absolute atomic E-state index is 0.0120. The SMILES string of the molecule is CCn1c(SCC(=O)Nc2cc([N+](=O)[O-])ccc2Cl)nnc1[C@@H](C)NC(=O)c1ccccc1. The van der Waals surface area contributed by atoms with E-state index in [0.717, 1.165) is 11.8 Å². The van der Waals surface area contributed by atoms with Crippen molar-refractivity contribution in [2.45, 2.75) is 31.6 Å². The number of nitro groups is 1. The molecule has 10 nitrogen and oxygen atoms in total. The molecule has 1 atom stereocenters. The number of non-ortho nitro benzene ring substituents is 1. The lowest BCUT2D eigenvalue weighted by Gasteiger charge is -2.15. The van der Waals surface area contributed by atoms with Crippen LogP contribution >= 0.6 is 23.4 Å². The molecule has 0 unspecified atom stereocenters. The van der Waals surface area contributed by atoms with Crippen LogP contribution in [0.2, 0.25) is 5.02 Å². The zero-order valence-corrected chi connectivity index (χ0v) is 19.4. The quantitative estimate of drug-likeness (QED) is 0.263. The van der Waals surface area contributed by atoms with Gasteiger partial charge in [0.2, 0.25) is 5.91 Å². The summed E-state index contributed by atoms with van der Waals surface area (Å²) in [5.41, 5.74) is 0.522. The molecule has 0 saturated carbocycles. The highest BCUT2D eigenvalue weighted by Gasteiger charge is 2.20. The Labute approximate surface area is 198 Å². The van der Waals surface area contributed by atoms with E-state index in [1.807, 2.05) is 24.5 Å². The summed E-state index contributed by atoms with van der Waals surface area (Å²) in [7, 11) is 0. The van der Waals surface area contributed by atoms with Crippen molar-refractivity contribution in [3.8, 4) is 0 Å². The largest absolute Gasteiger partial charge is 0.342 e. The first-order chi connectivity index (χ1) is 15.8. The van der Waals surface area contributed by atoms with Gasteiger partial charge in [-0.25, -0.2) is 0 Å². The zero-order valence-electron chi connectivity index (χ0n) is 17.8. The van der Waals surface area contributed by atoms with Crippen molar-refractivity contribution in [1.29, 1.82) is 0 Å². The highest BCUT2D eigenvalue weighted by Crippen LogP contribution is 2.27. The normalized spacial score (nSPS) is 11.6. The minimum atomic E-state index is -0.566. The lowest BCUT2D eigenvalue weighted by molar-refractivity contribution is -0.384. The first-order valence-corrected chi connectivity index (χ1v) is 11.3. The van der Waals surface area contributed by atoms with Crippen molar-refractivity contribution >= 4 is 46.6 Å². The van der Waals surface area contributed by atoms with Crippen LogP contribution in [0.5, 0.6) is 0 Å². The molecule has 0 radical (unpaired) electrons. The molecule has 0 aliphatic carbocycles. The van der Waals surface area contributed by atoms with Gasteiger partial charge in [-0.1, -0.05) is 41.6 Å². The molecule has 0 aliphatic heterocycles. The third-order valence-corrected chi connectivity index (χ3v) is 5.90. The second-order valence-corrected chi connectivity index (χ2v) is 8.25. The second-order valence-electron chi connectivity index (χ2n) is 6.90. The molecule has 1 heterocycles. The molecule has 2 N–H and O–H groups in total. The van der Waals surface area contributed by atoms with Gasteiger partial charge in [0.15, 0.2) is 11.0 Å². The van der Waals surface area contributed by atoms with Gasteiger partial charge >= 0.3 is 0 Å². The summed E-state index contributed by atoms with van der Waals surface area (Å²) in [6, 6.07) is 12.3. The van der Waals surface area contributed by atoms with Gasteiger partial charge in [0, 0.05) is 24.2 Å². The average Bonchev–Trinajstić information content (AvgIpc) is 3.22. The summed E-state index contributed by atoms with van der Waals surface area (Å²) >= 11 is 7.19. The molecule has 0 fully saturated rings. The molecule has 3 rings (SSSR count). The summed E-state index contributed by atoms with van der Waals surface area (Å²) in [5.74, 6) is -0.0790. The summed E-state index contributed by atoms with van der Waals surface area (Å²) in [5, 5.41) is 25.5. The monoisotopic (exact) mass is 488 g/mol. The maximum Gasteiger partial charge on any atom is 0.271 e. The number of halogens is 1. The molecule has 172 valence electrons. The Balaban J connectivity index is 1.64. The molecule has 0 aliphatic rings. The van der Waals surface area contributed by atoms with Crippen molar-refractivity contribution in [3.05, 3.63) is 75.1 Å². The van der Waals surface area contributed by atoms with Gasteiger partial charge in [-0.2, -0.15) is 0 Å². The van der Waals surface area contributed by atoms with Gasteiger partial charge in [0.25, 0.3) is 11.6 Å². The van der Waals surface area contributed by atoms with E-state index in [-0.39, 0.29) is 28.1 Å². The number of hydrogen-bond donors (Lipinski definition) is 2. The van der Waals surface area contributed by atoms with E-state index in [9.17, 15) is 19.7 Å². The molecule has 12 heteroatoms. The van der Waals surface area contributed by atoms with Crippen LogP contribution in [0.1, 0.15) is 36.1 Å². The van der Waals surface area contributed by atoms with Gasteiger partial charge in [-0.3, -0.25) is 19.7 Å². The Bertz CT molecular complexity index is 1170. The van der Waals surface area contributed by atoms with E-state index in [1.54, 1.807) is 24.3 Å². The van der Waals surface area contributed by atoms with Crippen molar-refractivity contribution < 1.29 is 14.5 Å². The number of rotatable bonds is 9. The summed E-state index contributed by atoms with van der Waals surface area (Å²) in [6.45, 7) is 4.25. The van der Waals surface area contributed by atoms with Gasteiger partial charge < -0.3 is 15.2 Å². The Hall–Kier alpha value is -3.44. The topological polar surface area (TPSA) is 132 Å². The molecule has 2 amide bonds. The number of hydrogen-bond acceptors (Lipinski definition) is 7. The number of thioether (sulfide) groups is 1. The Morgan fingerprint density at radius 2 is 1.94 bits per heavy atom. The minimum Gasteiger partial charge on any atom is -0.342 e. The zero-order chi connectivity index (χ0) is 24.0. The van der Waals surface area contributed by atoms with Crippen LogP contribution in [0.4, 0.5) is 11.4 Å². The van der Waals surface area contributed by atoms with Crippen LogP contribution in [0, 0.1) is 10.1 Å². The van der Waals surface area contributed by atoms with Crippen LogP contribution in [-0.2, 0) is 11.3 Å². The van der Waals surface area contributed by atoms with Gasteiger partial charge in [-0.15, -0.1) is 10.2 Å².